The van der Waals surface area contributed by atoms with Gasteiger partial charge in [-0.05, 0) is 44.7 Å². The number of halogens is 1. The smallest absolute Gasteiger partial charge is 0.244 e. The molecule has 1 aromatic rings. The first-order valence-electron chi connectivity index (χ1n) is 5.97. The second kappa shape index (κ2) is 4.78. The molecular weight excluding hydrogens is 250 g/mol. The van der Waals surface area contributed by atoms with Crippen LogP contribution < -0.4 is 11.1 Å². The molecule has 0 radical (unpaired) electrons. The third-order valence-electron chi connectivity index (χ3n) is 3.62. The number of nitrogens with zero attached hydrogens (tertiary/aromatic N) is 1. The van der Waals surface area contributed by atoms with Gasteiger partial charge in [0.25, 0.3) is 0 Å². The van der Waals surface area contributed by atoms with Gasteiger partial charge in [-0.15, -0.1) is 0 Å². The lowest BCUT2D eigenvalue weighted by molar-refractivity contribution is -0.121. The molecule has 2 unspecified atom stereocenters. The minimum atomic E-state index is -0.692. The molecule has 1 aliphatic heterocycles. The van der Waals surface area contributed by atoms with Crippen molar-refractivity contribution in [2.45, 2.75) is 24.9 Å². The van der Waals surface area contributed by atoms with E-state index < -0.39 is 5.54 Å². The van der Waals surface area contributed by atoms with Crippen LogP contribution in [0.15, 0.2) is 24.3 Å². The van der Waals surface area contributed by atoms with E-state index >= 15 is 0 Å². The van der Waals surface area contributed by atoms with Gasteiger partial charge in [-0.2, -0.15) is 0 Å². The van der Waals surface area contributed by atoms with Crippen LogP contribution in [0.2, 0.25) is 5.02 Å². The summed E-state index contributed by atoms with van der Waals surface area (Å²) >= 11 is 5.84. The van der Waals surface area contributed by atoms with Crippen molar-refractivity contribution in [2.24, 2.45) is 5.73 Å². The number of primary amides is 1. The van der Waals surface area contributed by atoms with Crippen molar-refractivity contribution in [1.29, 1.82) is 0 Å². The predicted molar refractivity (Wildman–Crippen MR) is 73.7 cm³/mol. The number of hydrogen-bond donors (Lipinski definition) is 2. The first-order valence-corrected chi connectivity index (χ1v) is 6.35. The lowest BCUT2D eigenvalue weighted by atomic mass is 9.95. The van der Waals surface area contributed by atoms with Crippen LogP contribution in [0.4, 0.5) is 5.69 Å². The summed E-state index contributed by atoms with van der Waals surface area (Å²) in [4.78, 5) is 13.9. The van der Waals surface area contributed by atoms with E-state index in [-0.39, 0.29) is 5.91 Å². The van der Waals surface area contributed by atoms with Crippen LogP contribution in [-0.4, -0.2) is 36.0 Å². The summed E-state index contributed by atoms with van der Waals surface area (Å²) in [5.74, 6) is -0.311. The van der Waals surface area contributed by atoms with Gasteiger partial charge < -0.3 is 16.0 Å². The molecule has 0 aromatic heterocycles. The van der Waals surface area contributed by atoms with Gasteiger partial charge in [0.1, 0.15) is 5.54 Å². The van der Waals surface area contributed by atoms with Crippen molar-refractivity contribution in [2.75, 3.05) is 18.9 Å². The molecule has 4 nitrogen and oxygen atoms in total. The molecule has 2 rings (SSSR count). The number of benzene rings is 1. The van der Waals surface area contributed by atoms with E-state index in [1.807, 2.05) is 19.2 Å². The SMILES string of the molecule is CC1CC(Nc2ccc(Cl)cc2)(C(N)=O)CN1C. The minimum Gasteiger partial charge on any atom is -0.370 e. The summed E-state index contributed by atoms with van der Waals surface area (Å²) in [5.41, 5.74) is 5.75. The topological polar surface area (TPSA) is 58.4 Å². The monoisotopic (exact) mass is 267 g/mol. The molecule has 0 aliphatic carbocycles. The van der Waals surface area contributed by atoms with Crippen LogP contribution in [-0.2, 0) is 4.79 Å². The number of rotatable bonds is 3. The fourth-order valence-corrected chi connectivity index (χ4v) is 2.57. The standard InChI is InChI=1S/C13H18ClN3O/c1-9-7-13(12(15)18,8-17(9)2)16-11-5-3-10(14)4-6-11/h3-6,9,16H,7-8H2,1-2H3,(H2,15,18). The lowest BCUT2D eigenvalue weighted by Crippen LogP contribution is -2.52. The van der Waals surface area contributed by atoms with Gasteiger partial charge in [-0.3, -0.25) is 4.79 Å². The number of carbonyl (C=O) groups excluding carboxylic acids is 1. The zero-order valence-electron chi connectivity index (χ0n) is 10.6. The Labute approximate surface area is 112 Å². The highest BCUT2D eigenvalue weighted by Crippen LogP contribution is 2.29. The van der Waals surface area contributed by atoms with E-state index in [9.17, 15) is 4.79 Å². The highest BCUT2D eigenvalue weighted by molar-refractivity contribution is 6.30. The molecule has 1 heterocycles. The molecular formula is C13H18ClN3O. The maximum atomic E-state index is 11.8. The van der Waals surface area contributed by atoms with Crippen molar-refractivity contribution in [3.8, 4) is 0 Å². The van der Waals surface area contributed by atoms with Crippen molar-refractivity contribution in [3.05, 3.63) is 29.3 Å². The van der Waals surface area contributed by atoms with Crippen molar-refractivity contribution in [3.63, 3.8) is 0 Å². The number of likely N-dealkylation sites (tertiary alicyclic amines) is 1. The van der Waals surface area contributed by atoms with Crippen molar-refractivity contribution >= 4 is 23.2 Å². The summed E-state index contributed by atoms with van der Waals surface area (Å²) in [5, 5.41) is 3.94. The van der Waals surface area contributed by atoms with Crippen LogP contribution in [0.5, 0.6) is 0 Å². The van der Waals surface area contributed by atoms with Gasteiger partial charge in [0, 0.05) is 23.3 Å². The largest absolute Gasteiger partial charge is 0.370 e. The van der Waals surface area contributed by atoms with Gasteiger partial charge in [0.15, 0.2) is 0 Å². The Morgan fingerprint density at radius 3 is 2.56 bits per heavy atom. The van der Waals surface area contributed by atoms with Crippen LogP contribution in [0.3, 0.4) is 0 Å². The van der Waals surface area contributed by atoms with Gasteiger partial charge >= 0.3 is 0 Å². The van der Waals surface area contributed by atoms with Crippen LogP contribution in [0, 0.1) is 0 Å². The van der Waals surface area contributed by atoms with Crippen molar-refractivity contribution in [1.82, 2.24) is 4.90 Å². The second-order valence-corrected chi connectivity index (χ2v) is 5.48. The fraction of sp³-hybridized carbons (Fsp3) is 0.462. The molecule has 1 saturated heterocycles. The van der Waals surface area contributed by atoms with E-state index in [0.29, 0.717) is 24.0 Å². The fourth-order valence-electron chi connectivity index (χ4n) is 2.45. The number of anilines is 1. The normalized spacial score (nSPS) is 28.3. The second-order valence-electron chi connectivity index (χ2n) is 5.05. The molecule has 18 heavy (non-hydrogen) atoms. The van der Waals surface area contributed by atoms with E-state index in [1.165, 1.54) is 0 Å². The molecule has 5 heteroatoms. The summed E-state index contributed by atoms with van der Waals surface area (Å²) in [6, 6.07) is 7.63. The Hall–Kier alpha value is -1.26. The highest BCUT2D eigenvalue weighted by Gasteiger charge is 2.45. The first-order chi connectivity index (χ1) is 8.43. The number of hydrogen-bond acceptors (Lipinski definition) is 3. The van der Waals surface area contributed by atoms with Gasteiger partial charge in [-0.25, -0.2) is 0 Å². The minimum absolute atomic E-state index is 0.311. The van der Waals surface area contributed by atoms with E-state index in [4.69, 9.17) is 17.3 Å². The molecule has 1 fully saturated rings. The number of nitrogens with one attached hydrogen (secondary N) is 1. The van der Waals surface area contributed by atoms with Gasteiger partial charge in [0.05, 0.1) is 0 Å². The predicted octanol–water partition coefficient (Wildman–Crippen LogP) is 1.70. The van der Waals surface area contributed by atoms with Crippen molar-refractivity contribution < 1.29 is 4.79 Å². The van der Waals surface area contributed by atoms with Crippen LogP contribution >= 0.6 is 11.6 Å². The average Bonchev–Trinajstić information content (AvgIpc) is 2.59. The molecule has 0 saturated carbocycles. The Morgan fingerprint density at radius 1 is 1.50 bits per heavy atom. The lowest BCUT2D eigenvalue weighted by Gasteiger charge is -2.28. The van der Waals surface area contributed by atoms with E-state index in [1.54, 1.807) is 12.1 Å². The van der Waals surface area contributed by atoms with Crippen LogP contribution in [0.25, 0.3) is 0 Å². The molecule has 1 aromatic carbocycles. The zero-order valence-corrected chi connectivity index (χ0v) is 11.4. The Bertz CT molecular complexity index is 436. The number of amides is 1. The number of likely N-dealkylation sites (N-methyl/N-ethyl adjacent to an activating group) is 1. The summed E-state index contributed by atoms with van der Waals surface area (Å²) < 4.78 is 0. The molecule has 1 aliphatic rings. The number of nitrogens with two attached hydrogens (primary N) is 1. The number of carbonyl (C=O) groups is 1. The Morgan fingerprint density at radius 2 is 2.11 bits per heavy atom. The maximum absolute atomic E-state index is 11.8. The molecule has 3 N–H and O–H groups in total. The van der Waals surface area contributed by atoms with E-state index in [0.717, 1.165) is 5.69 Å². The zero-order chi connectivity index (χ0) is 13.3. The summed E-state index contributed by atoms with van der Waals surface area (Å²) in [6.07, 6.45) is 0.710. The molecule has 0 spiro atoms. The van der Waals surface area contributed by atoms with Gasteiger partial charge in [0.2, 0.25) is 5.91 Å². The van der Waals surface area contributed by atoms with Gasteiger partial charge in [-0.1, -0.05) is 11.6 Å². The molecule has 2 atom stereocenters. The van der Waals surface area contributed by atoms with E-state index in [2.05, 4.69) is 17.1 Å². The maximum Gasteiger partial charge on any atom is 0.244 e. The third-order valence-corrected chi connectivity index (χ3v) is 3.87. The van der Waals surface area contributed by atoms with Crippen LogP contribution in [0.1, 0.15) is 13.3 Å². The quantitative estimate of drug-likeness (QED) is 0.876. The molecule has 0 bridgehead atoms. The third kappa shape index (κ3) is 2.44. The average molecular weight is 268 g/mol. The molecule has 98 valence electrons. The Balaban J connectivity index is 2.22. The first kappa shape index (κ1) is 13.2. The highest BCUT2D eigenvalue weighted by atomic mass is 35.5. The Kier molecular flexibility index (Phi) is 3.50. The molecule has 1 amide bonds. The summed E-state index contributed by atoms with van der Waals surface area (Å²) in [6.45, 7) is 2.71. The summed E-state index contributed by atoms with van der Waals surface area (Å²) in [7, 11) is 2.00.